The molecule has 6 nitrogen and oxygen atoms in total. The quantitative estimate of drug-likeness (QED) is 0.448. The van der Waals surface area contributed by atoms with Crippen LogP contribution in [0.25, 0.3) is 0 Å². The fraction of sp³-hybridized carbons (Fsp3) is 0.240. The van der Waals surface area contributed by atoms with Gasteiger partial charge in [0.25, 0.3) is 0 Å². The van der Waals surface area contributed by atoms with Crippen LogP contribution < -0.4 is 14.8 Å². The first-order valence-corrected chi connectivity index (χ1v) is 10.0. The number of rotatable bonds is 10. The number of carbonyl (C=O) groups is 1. The Morgan fingerprint density at radius 2 is 1.50 bits per heavy atom. The molecule has 0 saturated carbocycles. The van der Waals surface area contributed by atoms with Crippen molar-refractivity contribution in [2.24, 2.45) is 0 Å². The molecule has 3 aromatic carbocycles. The molecule has 0 aliphatic rings. The Hall–Kier alpha value is -3.06. The van der Waals surface area contributed by atoms with Crippen LogP contribution in [-0.2, 0) is 4.74 Å². The standard InChI is InChI=1S/C25H27NO5.ClH/c1-29-23-15-20(25(28)30-2)13-14-22(23)31-17-21(27)16-26-24(18-9-5-3-6-10-18)19-11-7-4-8-12-19;/h3-15,21,24,26-27H,16-17H2,1-2H3;1H. The maximum atomic E-state index is 11.7. The minimum atomic E-state index is -0.750. The minimum Gasteiger partial charge on any atom is -0.493 e. The predicted octanol–water partition coefficient (Wildman–Crippen LogP) is 4.02. The van der Waals surface area contributed by atoms with E-state index in [0.29, 0.717) is 23.6 Å². The summed E-state index contributed by atoms with van der Waals surface area (Å²) >= 11 is 0. The molecule has 0 amide bonds. The van der Waals surface area contributed by atoms with Crippen LogP contribution in [-0.4, -0.2) is 44.6 Å². The molecule has 0 heterocycles. The fourth-order valence-corrected chi connectivity index (χ4v) is 3.25. The molecule has 0 aromatic heterocycles. The number of aliphatic hydroxyl groups is 1. The minimum absolute atomic E-state index is 0. The average molecular weight is 458 g/mol. The highest BCUT2D eigenvalue weighted by atomic mass is 35.5. The summed E-state index contributed by atoms with van der Waals surface area (Å²) in [4.78, 5) is 11.7. The highest BCUT2D eigenvalue weighted by Gasteiger charge is 2.17. The third kappa shape index (κ3) is 6.72. The molecule has 0 radical (unpaired) electrons. The summed E-state index contributed by atoms with van der Waals surface area (Å²) in [5.41, 5.74) is 2.59. The van der Waals surface area contributed by atoms with Crippen LogP contribution in [0.1, 0.15) is 27.5 Å². The maximum Gasteiger partial charge on any atom is 0.337 e. The maximum absolute atomic E-state index is 11.7. The molecule has 0 aliphatic heterocycles. The second-order valence-corrected chi connectivity index (χ2v) is 6.98. The van der Waals surface area contributed by atoms with E-state index in [4.69, 9.17) is 14.2 Å². The largest absolute Gasteiger partial charge is 0.493 e. The van der Waals surface area contributed by atoms with Crippen LogP contribution in [0, 0.1) is 0 Å². The summed E-state index contributed by atoms with van der Waals surface area (Å²) < 4.78 is 15.7. The first-order chi connectivity index (χ1) is 15.1. The van der Waals surface area contributed by atoms with Crippen molar-refractivity contribution in [2.45, 2.75) is 12.1 Å². The number of ether oxygens (including phenoxy) is 3. The van der Waals surface area contributed by atoms with Crippen LogP contribution >= 0.6 is 12.4 Å². The summed E-state index contributed by atoms with van der Waals surface area (Å²) in [6.07, 6.45) is -0.750. The summed E-state index contributed by atoms with van der Waals surface area (Å²) in [6.45, 7) is 0.397. The van der Waals surface area contributed by atoms with E-state index >= 15 is 0 Å². The fourth-order valence-electron chi connectivity index (χ4n) is 3.25. The van der Waals surface area contributed by atoms with E-state index in [1.54, 1.807) is 18.2 Å². The van der Waals surface area contributed by atoms with Gasteiger partial charge < -0.3 is 24.6 Å². The van der Waals surface area contributed by atoms with Gasteiger partial charge in [-0.3, -0.25) is 0 Å². The van der Waals surface area contributed by atoms with E-state index < -0.39 is 12.1 Å². The molecule has 7 heteroatoms. The van der Waals surface area contributed by atoms with Crippen LogP contribution in [0.2, 0.25) is 0 Å². The number of halogens is 1. The van der Waals surface area contributed by atoms with E-state index in [2.05, 4.69) is 29.6 Å². The van der Waals surface area contributed by atoms with Crippen molar-refractivity contribution in [2.75, 3.05) is 27.4 Å². The summed E-state index contributed by atoms with van der Waals surface area (Å²) in [5, 5.41) is 13.9. The molecule has 2 N–H and O–H groups in total. The molecule has 0 aliphatic carbocycles. The first-order valence-electron chi connectivity index (χ1n) is 10.0. The highest BCUT2D eigenvalue weighted by Crippen LogP contribution is 2.28. The van der Waals surface area contributed by atoms with Gasteiger partial charge in [-0.15, -0.1) is 12.4 Å². The Balaban J connectivity index is 0.00000363. The predicted molar refractivity (Wildman–Crippen MR) is 126 cm³/mol. The second kappa shape index (κ2) is 12.7. The third-order valence-corrected chi connectivity index (χ3v) is 4.84. The number of nitrogens with one attached hydrogen (secondary N) is 1. The van der Waals surface area contributed by atoms with Gasteiger partial charge in [0.2, 0.25) is 0 Å². The average Bonchev–Trinajstić information content (AvgIpc) is 2.83. The molecule has 0 bridgehead atoms. The van der Waals surface area contributed by atoms with Crippen molar-refractivity contribution < 1.29 is 24.1 Å². The van der Waals surface area contributed by atoms with E-state index in [0.717, 1.165) is 11.1 Å². The van der Waals surface area contributed by atoms with E-state index in [-0.39, 0.29) is 25.1 Å². The van der Waals surface area contributed by atoms with Gasteiger partial charge in [0.05, 0.1) is 25.8 Å². The van der Waals surface area contributed by atoms with Gasteiger partial charge in [0.15, 0.2) is 11.5 Å². The Kier molecular flexibility index (Phi) is 10.0. The monoisotopic (exact) mass is 457 g/mol. The number of methoxy groups -OCH3 is 2. The normalized spacial score (nSPS) is 11.4. The van der Waals surface area contributed by atoms with Crippen molar-refractivity contribution in [3.63, 3.8) is 0 Å². The lowest BCUT2D eigenvalue weighted by atomic mass is 9.98. The van der Waals surface area contributed by atoms with Crippen molar-refractivity contribution in [1.82, 2.24) is 5.32 Å². The van der Waals surface area contributed by atoms with Crippen molar-refractivity contribution >= 4 is 18.4 Å². The van der Waals surface area contributed by atoms with Crippen molar-refractivity contribution in [3.05, 3.63) is 95.6 Å². The molecule has 0 saturated heterocycles. The molecule has 0 spiro atoms. The summed E-state index contributed by atoms with van der Waals surface area (Å²) in [6, 6.07) is 24.9. The number of benzene rings is 3. The van der Waals surface area contributed by atoms with Gasteiger partial charge in [0, 0.05) is 6.54 Å². The Morgan fingerprint density at radius 3 is 2.03 bits per heavy atom. The number of esters is 1. The molecule has 3 rings (SSSR count). The van der Waals surface area contributed by atoms with E-state index in [1.165, 1.54) is 14.2 Å². The van der Waals surface area contributed by atoms with Crippen LogP contribution in [0.3, 0.4) is 0 Å². The van der Waals surface area contributed by atoms with Crippen LogP contribution in [0.15, 0.2) is 78.9 Å². The highest BCUT2D eigenvalue weighted by molar-refractivity contribution is 5.90. The lowest BCUT2D eigenvalue weighted by Gasteiger charge is -2.22. The molecule has 3 aromatic rings. The van der Waals surface area contributed by atoms with Crippen molar-refractivity contribution in [3.8, 4) is 11.5 Å². The zero-order chi connectivity index (χ0) is 22.1. The molecule has 32 heavy (non-hydrogen) atoms. The topological polar surface area (TPSA) is 77.0 Å². The van der Waals surface area contributed by atoms with Gasteiger partial charge in [-0.1, -0.05) is 60.7 Å². The molecule has 0 fully saturated rings. The zero-order valence-electron chi connectivity index (χ0n) is 18.1. The number of hydrogen-bond donors (Lipinski definition) is 2. The number of aliphatic hydroxyl groups excluding tert-OH is 1. The molecular weight excluding hydrogens is 430 g/mol. The second-order valence-electron chi connectivity index (χ2n) is 6.98. The first kappa shape index (κ1) is 25.2. The van der Waals surface area contributed by atoms with Gasteiger partial charge in [-0.05, 0) is 29.3 Å². The summed E-state index contributed by atoms with van der Waals surface area (Å²) in [5.74, 6) is 0.383. The van der Waals surface area contributed by atoms with Crippen molar-refractivity contribution in [1.29, 1.82) is 0 Å². The Bertz CT molecular complexity index is 929. The Morgan fingerprint density at radius 1 is 0.906 bits per heavy atom. The third-order valence-electron chi connectivity index (χ3n) is 4.84. The lowest BCUT2D eigenvalue weighted by Crippen LogP contribution is -2.34. The van der Waals surface area contributed by atoms with Gasteiger partial charge in [-0.25, -0.2) is 4.79 Å². The SMILES string of the molecule is COC(=O)c1ccc(OCC(O)CNC(c2ccccc2)c2ccccc2)c(OC)c1.Cl. The van der Waals surface area contributed by atoms with Gasteiger partial charge in [0.1, 0.15) is 12.7 Å². The lowest BCUT2D eigenvalue weighted by molar-refractivity contribution is 0.0600. The zero-order valence-corrected chi connectivity index (χ0v) is 18.9. The Labute approximate surface area is 194 Å². The molecular formula is C25H28ClNO5. The van der Waals surface area contributed by atoms with Crippen LogP contribution in [0.5, 0.6) is 11.5 Å². The number of carbonyl (C=O) groups excluding carboxylic acids is 1. The van der Waals surface area contributed by atoms with E-state index in [1.807, 2.05) is 36.4 Å². The molecule has 170 valence electrons. The smallest absolute Gasteiger partial charge is 0.337 e. The van der Waals surface area contributed by atoms with Gasteiger partial charge in [-0.2, -0.15) is 0 Å². The van der Waals surface area contributed by atoms with Gasteiger partial charge >= 0.3 is 5.97 Å². The number of hydrogen-bond acceptors (Lipinski definition) is 6. The summed E-state index contributed by atoms with van der Waals surface area (Å²) in [7, 11) is 2.81. The molecule has 1 unspecified atom stereocenters. The van der Waals surface area contributed by atoms with Crippen LogP contribution in [0.4, 0.5) is 0 Å². The van der Waals surface area contributed by atoms with E-state index in [9.17, 15) is 9.90 Å². The molecule has 1 atom stereocenters.